The first-order chi connectivity index (χ1) is 8.20. The van der Waals surface area contributed by atoms with Crippen molar-refractivity contribution in [2.24, 2.45) is 5.73 Å². The van der Waals surface area contributed by atoms with Gasteiger partial charge in [-0.05, 0) is 34.5 Å². The summed E-state index contributed by atoms with van der Waals surface area (Å²) in [6.07, 6.45) is 3.07. The van der Waals surface area contributed by atoms with Crippen molar-refractivity contribution >= 4 is 22.8 Å². The van der Waals surface area contributed by atoms with Gasteiger partial charge in [-0.3, -0.25) is 4.79 Å². The average molecular weight is 227 g/mol. The number of hydrogen-bond donors (Lipinski definition) is 1. The third-order valence-electron chi connectivity index (χ3n) is 2.55. The first-order valence-electron chi connectivity index (χ1n) is 5.25. The van der Waals surface area contributed by atoms with Gasteiger partial charge in [-0.25, -0.2) is 0 Å². The molecule has 0 saturated carbocycles. The number of ether oxygens (including phenoxy) is 1. The quantitative estimate of drug-likeness (QED) is 0.818. The van der Waals surface area contributed by atoms with E-state index in [1.807, 2.05) is 36.4 Å². The van der Waals surface area contributed by atoms with Crippen molar-refractivity contribution in [2.75, 3.05) is 7.11 Å². The number of carbonyl (C=O) groups is 1. The highest BCUT2D eigenvalue weighted by atomic mass is 16.5. The van der Waals surface area contributed by atoms with Gasteiger partial charge in [0.2, 0.25) is 5.91 Å². The van der Waals surface area contributed by atoms with Crippen LogP contribution >= 0.6 is 0 Å². The molecule has 2 N–H and O–H groups in total. The topological polar surface area (TPSA) is 52.3 Å². The van der Waals surface area contributed by atoms with E-state index in [-0.39, 0.29) is 0 Å². The largest absolute Gasteiger partial charge is 0.497 e. The first-order valence-corrected chi connectivity index (χ1v) is 5.25. The van der Waals surface area contributed by atoms with Gasteiger partial charge in [-0.1, -0.05) is 24.3 Å². The summed E-state index contributed by atoms with van der Waals surface area (Å²) < 4.78 is 5.19. The van der Waals surface area contributed by atoms with Gasteiger partial charge in [-0.15, -0.1) is 0 Å². The van der Waals surface area contributed by atoms with Crippen LogP contribution in [0.25, 0.3) is 16.8 Å². The zero-order chi connectivity index (χ0) is 12.3. The van der Waals surface area contributed by atoms with Crippen LogP contribution in [0.5, 0.6) is 5.75 Å². The van der Waals surface area contributed by atoms with Gasteiger partial charge < -0.3 is 10.5 Å². The van der Waals surface area contributed by atoms with E-state index in [2.05, 4.69) is 0 Å². The van der Waals surface area contributed by atoms with E-state index in [9.17, 15) is 4.79 Å². The number of fused-ring (bicyclic) bond motifs is 1. The molecule has 0 aliphatic heterocycles. The standard InChI is InChI=1S/C14H13NO2/c1-17-12-7-5-10-3-2-4-11(13(10)9-12)6-8-14(15)16/h2-9H,1H3,(H2,15,16)/b8-6+. The molecule has 0 heterocycles. The summed E-state index contributed by atoms with van der Waals surface area (Å²) in [6, 6.07) is 11.7. The maximum absolute atomic E-state index is 10.7. The third-order valence-corrected chi connectivity index (χ3v) is 2.55. The lowest BCUT2D eigenvalue weighted by atomic mass is 10.0. The Hall–Kier alpha value is -2.29. The number of benzene rings is 2. The van der Waals surface area contributed by atoms with Crippen molar-refractivity contribution in [3.8, 4) is 5.75 Å². The van der Waals surface area contributed by atoms with Crippen molar-refractivity contribution in [1.82, 2.24) is 0 Å². The smallest absolute Gasteiger partial charge is 0.241 e. The second kappa shape index (κ2) is 4.70. The van der Waals surface area contributed by atoms with Crippen LogP contribution in [0, 0.1) is 0 Å². The maximum atomic E-state index is 10.7. The second-order valence-corrected chi connectivity index (χ2v) is 3.67. The van der Waals surface area contributed by atoms with Gasteiger partial charge in [0, 0.05) is 6.08 Å². The fourth-order valence-corrected chi connectivity index (χ4v) is 1.72. The number of methoxy groups -OCH3 is 1. The van der Waals surface area contributed by atoms with Gasteiger partial charge in [0.25, 0.3) is 0 Å². The minimum absolute atomic E-state index is 0.454. The van der Waals surface area contributed by atoms with Gasteiger partial charge in [0.1, 0.15) is 5.75 Å². The molecule has 0 atom stereocenters. The van der Waals surface area contributed by atoms with Crippen LogP contribution in [-0.4, -0.2) is 13.0 Å². The summed E-state index contributed by atoms with van der Waals surface area (Å²) in [5.41, 5.74) is 6.03. The molecule has 0 aliphatic carbocycles. The van der Waals surface area contributed by atoms with Gasteiger partial charge >= 0.3 is 0 Å². The van der Waals surface area contributed by atoms with Crippen molar-refractivity contribution in [3.63, 3.8) is 0 Å². The molecule has 3 nitrogen and oxygen atoms in total. The number of rotatable bonds is 3. The normalized spacial score (nSPS) is 10.9. The fourth-order valence-electron chi connectivity index (χ4n) is 1.72. The van der Waals surface area contributed by atoms with Gasteiger partial charge in [-0.2, -0.15) is 0 Å². The molecule has 0 aromatic heterocycles. The summed E-state index contributed by atoms with van der Waals surface area (Å²) in [6.45, 7) is 0. The Bertz CT molecular complexity index is 588. The van der Waals surface area contributed by atoms with Crippen molar-refractivity contribution in [1.29, 1.82) is 0 Å². The maximum Gasteiger partial charge on any atom is 0.241 e. The summed E-state index contributed by atoms with van der Waals surface area (Å²) in [4.78, 5) is 10.7. The molecule has 2 rings (SSSR count). The van der Waals surface area contributed by atoms with Crippen LogP contribution in [0.15, 0.2) is 42.5 Å². The molecule has 1 amide bonds. The molecule has 2 aromatic carbocycles. The molecule has 0 radical (unpaired) electrons. The second-order valence-electron chi connectivity index (χ2n) is 3.67. The van der Waals surface area contributed by atoms with E-state index < -0.39 is 5.91 Å². The molecule has 0 aliphatic rings. The van der Waals surface area contributed by atoms with E-state index in [0.29, 0.717) is 0 Å². The van der Waals surface area contributed by atoms with Gasteiger partial charge in [0.05, 0.1) is 7.11 Å². The molecule has 0 saturated heterocycles. The highest BCUT2D eigenvalue weighted by molar-refractivity contribution is 5.96. The Morgan fingerprint density at radius 1 is 1.29 bits per heavy atom. The van der Waals surface area contributed by atoms with Crippen molar-refractivity contribution < 1.29 is 9.53 Å². The molecule has 3 heteroatoms. The van der Waals surface area contributed by atoms with E-state index >= 15 is 0 Å². The van der Waals surface area contributed by atoms with Crippen LogP contribution in [0.1, 0.15) is 5.56 Å². The molecule has 86 valence electrons. The molecule has 0 spiro atoms. The Morgan fingerprint density at radius 2 is 2.12 bits per heavy atom. The highest BCUT2D eigenvalue weighted by Gasteiger charge is 2.00. The van der Waals surface area contributed by atoms with Crippen LogP contribution in [-0.2, 0) is 4.79 Å². The molecule has 0 unspecified atom stereocenters. The van der Waals surface area contributed by atoms with Crippen LogP contribution in [0.4, 0.5) is 0 Å². The highest BCUT2D eigenvalue weighted by Crippen LogP contribution is 2.24. The molecular formula is C14H13NO2. The Labute approximate surface area is 99.5 Å². The number of hydrogen-bond acceptors (Lipinski definition) is 2. The summed E-state index contributed by atoms with van der Waals surface area (Å²) in [5, 5.41) is 2.13. The fraction of sp³-hybridized carbons (Fsp3) is 0.0714. The van der Waals surface area contributed by atoms with Crippen LogP contribution < -0.4 is 10.5 Å². The van der Waals surface area contributed by atoms with E-state index in [4.69, 9.17) is 10.5 Å². The SMILES string of the molecule is COc1ccc2cccc(/C=C/C(N)=O)c2c1. The lowest BCUT2D eigenvalue weighted by molar-refractivity contribution is -0.113. The number of carbonyl (C=O) groups excluding carboxylic acids is 1. The molecular weight excluding hydrogens is 214 g/mol. The number of primary amides is 1. The lowest BCUT2D eigenvalue weighted by Crippen LogP contribution is -2.05. The van der Waals surface area contributed by atoms with Crippen LogP contribution in [0.2, 0.25) is 0 Å². The lowest BCUT2D eigenvalue weighted by Gasteiger charge is -2.05. The zero-order valence-corrected chi connectivity index (χ0v) is 9.51. The van der Waals surface area contributed by atoms with Crippen molar-refractivity contribution in [3.05, 3.63) is 48.0 Å². The summed E-state index contributed by atoms with van der Waals surface area (Å²) >= 11 is 0. The Balaban J connectivity index is 2.58. The predicted molar refractivity (Wildman–Crippen MR) is 68.7 cm³/mol. The van der Waals surface area contributed by atoms with E-state index in [1.165, 1.54) is 6.08 Å². The summed E-state index contributed by atoms with van der Waals surface area (Å²) in [5.74, 6) is 0.335. The Morgan fingerprint density at radius 3 is 2.82 bits per heavy atom. The zero-order valence-electron chi connectivity index (χ0n) is 9.51. The average Bonchev–Trinajstić information content (AvgIpc) is 2.35. The first kappa shape index (κ1) is 11.2. The minimum atomic E-state index is -0.454. The molecule has 0 bridgehead atoms. The van der Waals surface area contributed by atoms with E-state index in [0.717, 1.165) is 22.1 Å². The van der Waals surface area contributed by atoms with Crippen molar-refractivity contribution in [2.45, 2.75) is 0 Å². The number of amides is 1. The van der Waals surface area contributed by atoms with Gasteiger partial charge in [0.15, 0.2) is 0 Å². The van der Waals surface area contributed by atoms with Crippen LogP contribution in [0.3, 0.4) is 0 Å². The predicted octanol–water partition coefficient (Wildman–Crippen LogP) is 2.35. The molecule has 2 aromatic rings. The minimum Gasteiger partial charge on any atom is -0.497 e. The Kier molecular flexibility index (Phi) is 3.10. The third kappa shape index (κ3) is 2.45. The number of nitrogens with two attached hydrogens (primary N) is 1. The summed E-state index contributed by atoms with van der Waals surface area (Å²) in [7, 11) is 1.63. The van der Waals surface area contributed by atoms with E-state index in [1.54, 1.807) is 13.2 Å². The monoisotopic (exact) mass is 227 g/mol. The molecule has 17 heavy (non-hydrogen) atoms. The molecule has 0 fully saturated rings.